The van der Waals surface area contributed by atoms with Crippen molar-refractivity contribution in [3.63, 3.8) is 0 Å². The van der Waals surface area contributed by atoms with E-state index in [-0.39, 0.29) is 5.78 Å². The van der Waals surface area contributed by atoms with Gasteiger partial charge in [-0.25, -0.2) is 4.79 Å². The Morgan fingerprint density at radius 1 is 1.08 bits per heavy atom. The van der Waals surface area contributed by atoms with E-state index < -0.39 is 12.1 Å². The van der Waals surface area contributed by atoms with Gasteiger partial charge in [0.25, 0.3) is 0 Å². The molecule has 0 fully saturated rings. The van der Waals surface area contributed by atoms with Gasteiger partial charge in [-0.2, -0.15) is 0 Å². The van der Waals surface area contributed by atoms with Gasteiger partial charge in [0, 0.05) is 10.3 Å². The van der Waals surface area contributed by atoms with Crippen LogP contribution < -0.4 is 4.74 Å². The van der Waals surface area contributed by atoms with Crippen molar-refractivity contribution in [2.45, 2.75) is 20.0 Å². The summed E-state index contributed by atoms with van der Waals surface area (Å²) in [5.41, 5.74) is 0.486. The van der Waals surface area contributed by atoms with Crippen molar-refractivity contribution in [2.24, 2.45) is 0 Å². The van der Waals surface area contributed by atoms with Gasteiger partial charge < -0.3 is 9.47 Å². The quantitative estimate of drug-likeness (QED) is 0.474. The average Bonchev–Trinajstić information content (AvgIpc) is 3.06. The minimum Gasteiger partial charge on any atom is -0.494 e. The van der Waals surface area contributed by atoms with Gasteiger partial charge in [0.15, 0.2) is 6.10 Å². The summed E-state index contributed by atoms with van der Waals surface area (Å²) in [7, 11) is 0. The molecule has 5 heteroatoms. The van der Waals surface area contributed by atoms with Crippen molar-refractivity contribution < 1.29 is 19.1 Å². The van der Waals surface area contributed by atoms with E-state index in [4.69, 9.17) is 9.47 Å². The molecular formula is C20H18O4S. The minimum atomic E-state index is -0.851. The lowest BCUT2D eigenvalue weighted by Crippen LogP contribution is -2.24. The summed E-state index contributed by atoms with van der Waals surface area (Å²) < 4.78 is 11.7. The van der Waals surface area contributed by atoms with Gasteiger partial charge in [0.2, 0.25) is 5.78 Å². The van der Waals surface area contributed by atoms with E-state index in [1.165, 1.54) is 11.3 Å². The molecule has 25 heavy (non-hydrogen) atoms. The zero-order valence-electron chi connectivity index (χ0n) is 14.0. The highest BCUT2D eigenvalue weighted by atomic mass is 32.1. The third-order valence-corrected chi connectivity index (χ3v) is 4.83. The highest BCUT2D eigenvalue weighted by Gasteiger charge is 2.21. The summed E-state index contributed by atoms with van der Waals surface area (Å²) in [5.74, 6) is -0.0144. The molecule has 0 aliphatic rings. The first kappa shape index (κ1) is 17.2. The Bertz CT molecular complexity index is 862. The third kappa shape index (κ3) is 3.88. The lowest BCUT2D eigenvalue weighted by atomic mass is 10.1. The second-order valence-corrected chi connectivity index (χ2v) is 6.60. The van der Waals surface area contributed by atoms with E-state index in [2.05, 4.69) is 0 Å². The Labute approximate surface area is 150 Å². The maximum absolute atomic E-state index is 12.4. The molecule has 0 bridgehead atoms. The van der Waals surface area contributed by atoms with Crippen LogP contribution in [-0.4, -0.2) is 24.5 Å². The number of benzene rings is 2. The Morgan fingerprint density at radius 2 is 1.80 bits per heavy atom. The molecule has 1 heterocycles. The molecule has 0 amide bonds. The molecule has 1 aromatic heterocycles. The lowest BCUT2D eigenvalue weighted by Gasteiger charge is -2.12. The molecule has 0 aliphatic carbocycles. The molecule has 4 nitrogen and oxygen atoms in total. The van der Waals surface area contributed by atoms with Crippen molar-refractivity contribution >= 4 is 33.2 Å². The fourth-order valence-corrected chi connectivity index (χ4v) is 3.42. The largest absolute Gasteiger partial charge is 0.494 e. The van der Waals surface area contributed by atoms with Crippen LogP contribution in [0.3, 0.4) is 0 Å². The fourth-order valence-electron chi connectivity index (χ4n) is 2.47. The highest BCUT2D eigenvalue weighted by molar-refractivity contribution is 7.20. The van der Waals surface area contributed by atoms with Gasteiger partial charge in [0.1, 0.15) is 10.6 Å². The Kier molecular flexibility index (Phi) is 5.14. The maximum atomic E-state index is 12.4. The SMILES string of the molecule is CCOc1ccc(C(=O)[C@H](C)OC(=O)c2cc3ccccc3s2)cc1. The van der Waals surface area contributed by atoms with Gasteiger partial charge in [-0.1, -0.05) is 18.2 Å². The Morgan fingerprint density at radius 3 is 2.48 bits per heavy atom. The van der Waals surface area contributed by atoms with Crippen LogP contribution in [0.2, 0.25) is 0 Å². The normalized spacial score (nSPS) is 11.9. The van der Waals surface area contributed by atoms with Crippen molar-refractivity contribution in [1.29, 1.82) is 0 Å². The van der Waals surface area contributed by atoms with Gasteiger partial charge in [0.05, 0.1) is 6.61 Å². The monoisotopic (exact) mass is 354 g/mol. The standard InChI is InChI=1S/C20H18O4S/c1-3-23-16-10-8-14(9-11-16)19(21)13(2)24-20(22)18-12-15-6-4-5-7-17(15)25-18/h4-13H,3H2,1-2H3/t13-/m0/s1. The molecule has 1 atom stereocenters. The number of ether oxygens (including phenoxy) is 2. The van der Waals surface area contributed by atoms with Crippen molar-refractivity contribution in [1.82, 2.24) is 0 Å². The second kappa shape index (κ2) is 7.49. The third-order valence-electron chi connectivity index (χ3n) is 3.73. The summed E-state index contributed by atoms with van der Waals surface area (Å²) in [6.07, 6.45) is -0.851. The molecule has 0 aliphatic heterocycles. The first-order valence-electron chi connectivity index (χ1n) is 8.05. The smallest absolute Gasteiger partial charge is 0.349 e. The van der Waals surface area contributed by atoms with Gasteiger partial charge in [-0.3, -0.25) is 4.79 Å². The number of fused-ring (bicyclic) bond motifs is 1. The van der Waals surface area contributed by atoms with Crippen LogP contribution in [0, 0.1) is 0 Å². The molecule has 0 spiro atoms. The Balaban J connectivity index is 1.68. The van der Waals surface area contributed by atoms with Gasteiger partial charge in [-0.15, -0.1) is 11.3 Å². The first-order chi connectivity index (χ1) is 12.1. The molecule has 3 rings (SSSR count). The molecule has 3 aromatic rings. The van der Waals surface area contributed by atoms with E-state index in [0.717, 1.165) is 10.1 Å². The molecule has 0 radical (unpaired) electrons. The van der Waals surface area contributed by atoms with Crippen molar-refractivity contribution in [3.8, 4) is 5.75 Å². The van der Waals surface area contributed by atoms with Crippen LogP contribution in [0.25, 0.3) is 10.1 Å². The van der Waals surface area contributed by atoms with Crippen LogP contribution in [-0.2, 0) is 4.74 Å². The zero-order chi connectivity index (χ0) is 17.8. The van der Waals surface area contributed by atoms with Crippen LogP contribution >= 0.6 is 11.3 Å². The topological polar surface area (TPSA) is 52.6 Å². The molecule has 128 valence electrons. The summed E-state index contributed by atoms with van der Waals surface area (Å²) in [6.45, 7) is 4.05. The van der Waals surface area contributed by atoms with Crippen molar-refractivity contribution in [3.05, 3.63) is 65.0 Å². The summed E-state index contributed by atoms with van der Waals surface area (Å²) in [5, 5.41) is 0.991. The van der Waals surface area contributed by atoms with E-state index in [0.29, 0.717) is 22.8 Å². The number of hydrogen-bond acceptors (Lipinski definition) is 5. The van der Waals surface area contributed by atoms with Gasteiger partial charge >= 0.3 is 5.97 Å². The fraction of sp³-hybridized carbons (Fsp3) is 0.200. The first-order valence-corrected chi connectivity index (χ1v) is 8.86. The van der Waals surface area contributed by atoms with Crippen LogP contribution in [0.4, 0.5) is 0 Å². The van der Waals surface area contributed by atoms with E-state index in [9.17, 15) is 9.59 Å². The average molecular weight is 354 g/mol. The van der Waals surface area contributed by atoms with Gasteiger partial charge in [-0.05, 0) is 55.6 Å². The molecule has 0 saturated heterocycles. The van der Waals surface area contributed by atoms with Crippen LogP contribution in [0.5, 0.6) is 5.75 Å². The number of rotatable bonds is 6. The maximum Gasteiger partial charge on any atom is 0.349 e. The van der Waals surface area contributed by atoms with E-state index in [1.54, 1.807) is 37.3 Å². The van der Waals surface area contributed by atoms with E-state index in [1.807, 2.05) is 31.2 Å². The number of carbonyl (C=O) groups is 2. The lowest BCUT2D eigenvalue weighted by molar-refractivity contribution is 0.0323. The molecule has 2 aromatic carbocycles. The number of esters is 1. The predicted molar refractivity (Wildman–Crippen MR) is 98.6 cm³/mol. The minimum absolute atomic E-state index is 0.238. The number of carbonyl (C=O) groups excluding carboxylic acids is 2. The number of Topliss-reactive ketones (excluding diaryl/α,β-unsaturated/α-hetero) is 1. The Hall–Kier alpha value is -2.66. The van der Waals surface area contributed by atoms with Crippen molar-refractivity contribution in [2.75, 3.05) is 6.61 Å². The zero-order valence-corrected chi connectivity index (χ0v) is 14.8. The number of thiophene rings is 1. The van der Waals surface area contributed by atoms with E-state index >= 15 is 0 Å². The number of hydrogen-bond donors (Lipinski definition) is 0. The molecule has 0 N–H and O–H groups in total. The highest BCUT2D eigenvalue weighted by Crippen LogP contribution is 2.26. The summed E-state index contributed by atoms with van der Waals surface area (Å²) in [4.78, 5) is 25.2. The van der Waals surface area contributed by atoms with Crippen LogP contribution in [0.1, 0.15) is 33.9 Å². The summed E-state index contributed by atoms with van der Waals surface area (Å²) >= 11 is 1.36. The number of ketones is 1. The molecule has 0 saturated carbocycles. The predicted octanol–water partition coefficient (Wildman–Crippen LogP) is 4.73. The van der Waals surface area contributed by atoms with Crippen LogP contribution in [0.15, 0.2) is 54.6 Å². The summed E-state index contributed by atoms with van der Waals surface area (Å²) in [6, 6.07) is 16.3. The molecular weight excluding hydrogens is 336 g/mol. The second-order valence-electron chi connectivity index (χ2n) is 5.52. The molecule has 0 unspecified atom stereocenters.